The molecule has 1 aromatic rings. The van der Waals surface area contributed by atoms with Crippen molar-refractivity contribution in [2.75, 3.05) is 6.61 Å². The van der Waals surface area contributed by atoms with Gasteiger partial charge in [-0.2, -0.15) is 5.10 Å². The SMILES string of the molecule is CCOC1(C(O)Cc2ncnn2C(C)C)CCCC1. The van der Waals surface area contributed by atoms with Crippen molar-refractivity contribution in [1.82, 2.24) is 14.8 Å². The van der Waals surface area contributed by atoms with Crippen LogP contribution in [0.4, 0.5) is 0 Å². The first-order chi connectivity index (χ1) is 9.09. The number of aliphatic hydroxyl groups excluding tert-OH is 1. The first-order valence-corrected chi connectivity index (χ1v) is 7.29. The third-order valence-corrected chi connectivity index (χ3v) is 4.00. The van der Waals surface area contributed by atoms with Gasteiger partial charge in [-0.05, 0) is 33.6 Å². The van der Waals surface area contributed by atoms with Crippen molar-refractivity contribution < 1.29 is 9.84 Å². The van der Waals surface area contributed by atoms with Crippen molar-refractivity contribution in [2.45, 2.75) is 70.6 Å². The van der Waals surface area contributed by atoms with Gasteiger partial charge < -0.3 is 9.84 Å². The number of nitrogens with zero attached hydrogens (tertiary/aromatic N) is 3. The third kappa shape index (κ3) is 2.98. The molecule has 1 aromatic heterocycles. The van der Waals surface area contributed by atoms with Crippen LogP contribution in [0.5, 0.6) is 0 Å². The largest absolute Gasteiger partial charge is 0.390 e. The van der Waals surface area contributed by atoms with Crippen molar-refractivity contribution in [1.29, 1.82) is 0 Å². The Hall–Kier alpha value is -0.940. The average molecular weight is 267 g/mol. The molecule has 1 aliphatic carbocycles. The van der Waals surface area contributed by atoms with E-state index in [1.54, 1.807) is 6.33 Å². The minimum atomic E-state index is -0.503. The Balaban J connectivity index is 2.10. The molecule has 0 aromatic carbocycles. The van der Waals surface area contributed by atoms with Gasteiger partial charge in [0.1, 0.15) is 12.2 Å². The number of hydrogen-bond donors (Lipinski definition) is 1. The predicted octanol–water partition coefficient (Wildman–Crippen LogP) is 2.11. The van der Waals surface area contributed by atoms with Crippen LogP contribution in [0.1, 0.15) is 58.3 Å². The summed E-state index contributed by atoms with van der Waals surface area (Å²) in [7, 11) is 0. The van der Waals surface area contributed by atoms with Gasteiger partial charge in [-0.3, -0.25) is 0 Å². The lowest BCUT2D eigenvalue weighted by molar-refractivity contribution is -0.116. The van der Waals surface area contributed by atoms with Gasteiger partial charge in [0.15, 0.2) is 0 Å². The molecule has 0 aliphatic heterocycles. The summed E-state index contributed by atoms with van der Waals surface area (Å²) >= 11 is 0. The predicted molar refractivity (Wildman–Crippen MR) is 72.9 cm³/mol. The molecule has 108 valence electrons. The van der Waals surface area contributed by atoms with Crippen LogP contribution in [0.3, 0.4) is 0 Å². The van der Waals surface area contributed by atoms with E-state index in [0.29, 0.717) is 13.0 Å². The molecule has 5 nitrogen and oxygen atoms in total. The molecule has 0 spiro atoms. The normalized spacial score (nSPS) is 20.1. The van der Waals surface area contributed by atoms with Crippen LogP contribution in [0.25, 0.3) is 0 Å². The maximum atomic E-state index is 10.6. The first kappa shape index (κ1) is 14.5. The second-order valence-electron chi connectivity index (χ2n) is 5.64. The molecule has 1 aliphatic rings. The molecule has 1 heterocycles. The smallest absolute Gasteiger partial charge is 0.138 e. The standard InChI is InChI=1S/C14H25N3O2/c1-4-19-14(7-5-6-8-14)12(18)9-13-15-10-16-17(13)11(2)3/h10-12,18H,4-9H2,1-3H3. The van der Waals surface area contributed by atoms with Crippen LogP contribution in [0.2, 0.25) is 0 Å². The topological polar surface area (TPSA) is 60.2 Å². The fourth-order valence-electron chi connectivity index (χ4n) is 3.05. The van der Waals surface area contributed by atoms with Gasteiger partial charge in [0.25, 0.3) is 0 Å². The molecule has 1 fully saturated rings. The zero-order valence-electron chi connectivity index (χ0n) is 12.2. The zero-order chi connectivity index (χ0) is 13.9. The monoisotopic (exact) mass is 267 g/mol. The van der Waals surface area contributed by atoms with Crippen molar-refractivity contribution in [3.8, 4) is 0 Å². The molecule has 2 rings (SSSR count). The van der Waals surface area contributed by atoms with E-state index in [9.17, 15) is 5.11 Å². The molecule has 0 amide bonds. The van der Waals surface area contributed by atoms with Crippen molar-refractivity contribution in [3.05, 3.63) is 12.2 Å². The van der Waals surface area contributed by atoms with E-state index in [1.165, 1.54) is 0 Å². The van der Waals surface area contributed by atoms with E-state index >= 15 is 0 Å². The van der Waals surface area contributed by atoms with Gasteiger partial charge >= 0.3 is 0 Å². The quantitative estimate of drug-likeness (QED) is 0.857. The summed E-state index contributed by atoms with van der Waals surface area (Å²) in [5.74, 6) is 0.841. The van der Waals surface area contributed by atoms with E-state index in [-0.39, 0.29) is 11.6 Å². The van der Waals surface area contributed by atoms with Crippen LogP contribution in [0.15, 0.2) is 6.33 Å². The van der Waals surface area contributed by atoms with Gasteiger partial charge in [-0.25, -0.2) is 9.67 Å². The highest BCUT2D eigenvalue weighted by atomic mass is 16.5. The molecular formula is C14H25N3O2. The minimum absolute atomic E-state index is 0.260. The summed E-state index contributed by atoms with van der Waals surface area (Å²) in [6.45, 7) is 6.77. The maximum absolute atomic E-state index is 10.6. The maximum Gasteiger partial charge on any atom is 0.138 e. The molecule has 0 saturated heterocycles. The van der Waals surface area contributed by atoms with Crippen molar-refractivity contribution in [3.63, 3.8) is 0 Å². The second kappa shape index (κ2) is 6.01. The molecule has 19 heavy (non-hydrogen) atoms. The summed E-state index contributed by atoms with van der Waals surface area (Å²) in [5.41, 5.74) is -0.373. The fraction of sp³-hybridized carbons (Fsp3) is 0.857. The first-order valence-electron chi connectivity index (χ1n) is 7.29. The molecule has 1 N–H and O–H groups in total. The lowest BCUT2D eigenvalue weighted by atomic mass is 9.92. The third-order valence-electron chi connectivity index (χ3n) is 4.00. The molecule has 0 radical (unpaired) electrons. The molecular weight excluding hydrogens is 242 g/mol. The number of aliphatic hydroxyl groups is 1. The van der Waals surface area contributed by atoms with E-state index < -0.39 is 6.10 Å². The number of ether oxygens (including phenoxy) is 1. The molecule has 1 atom stereocenters. The summed E-state index contributed by atoms with van der Waals surface area (Å²) in [6, 6.07) is 0.260. The lowest BCUT2D eigenvalue weighted by Crippen LogP contribution is -2.44. The average Bonchev–Trinajstić information content (AvgIpc) is 2.99. The number of rotatable bonds is 6. The Morgan fingerprint density at radius 1 is 1.42 bits per heavy atom. The van der Waals surface area contributed by atoms with Crippen LogP contribution in [0, 0.1) is 0 Å². The lowest BCUT2D eigenvalue weighted by Gasteiger charge is -2.34. The highest BCUT2D eigenvalue weighted by Crippen LogP contribution is 2.37. The van der Waals surface area contributed by atoms with E-state index in [2.05, 4.69) is 23.9 Å². The molecule has 0 bridgehead atoms. The van der Waals surface area contributed by atoms with Crippen LogP contribution >= 0.6 is 0 Å². The highest BCUT2D eigenvalue weighted by molar-refractivity contribution is 4.99. The summed E-state index contributed by atoms with van der Waals surface area (Å²) in [4.78, 5) is 4.28. The van der Waals surface area contributed by atoms with Gasteiger partial charge in [0.2, 0.25) is 0 Å². The summed E-state index contributed by atoms with van der Waals surface area (Å²) in [5, 5.41) is 14.8. The Morgan fingerprint density at radius 2 is 2.11 bits per heavy atom. The van der Waals surface area contributed by atoms with Crippen molar-refractivity contribution in [2.24, 2.45) is 0 Å². The highest BCUT2D eigenvalue weighted by Gasteiger charge is 2.41. The molecule has 5 heteroatoms. The van der Waals surface area contributed by atoms with E-state index in [1.807, 2.05) is 11.6 Å². The van der Waals surface area contributed by atoms with Gasteiger partial charge in [-0.1, -0.05) is 12.8 Å². The Morgan fingerprint density at radius 3 is 2.68 bits per heavy atom. The van der Waals surface area contributed by atoms with Gasteiger partial charge in [0.05, 0.1) is 11.7 Å². The Labute approximate surface area is 115 Å². The van der Waals surface area contributed by atoms with E-state index in [4.69, 9.17) is 4.74 Å². The molecule has 1 saturated carbocycles. The van der Waals surface area contributed by atoms with Crippen LogP contribution < -0.4 is 0 Å². The summed E-state index contributed by atoms with van der Waals surface area (Å²) < 4.78 is 7.77. The Kier molecular flexibility index (Phi) is 4.58. The van der Waals surface area contributed by atoms with Crippen LogP contribution in [-0.4, -0.2) is 38.2 Å². The molecule has 1 unspecified atom stereocenters. The Bertz CT molecular complexity index is 397. The number of aromatic nitrogens is 3. The summed E-state index contributed by atoms with van der Waals surface area (Å²) in [6.07, 6.45) is 5.72. The van der Waals surface area contributed by atoms with Crippen molar-refractivity contribution >= 4 is 0 Å². The minimum Gasteiger partial charge on any atom is -0.390 e. The van der Waals surface area contributed by atoms with E-state index in [0.717, 1.165) is 31.5 Å². The van der Waals surface area contributed by atoms with Gasteiger partial charge in [-0.15, -0.1) is 0 Å². The van der Waals surface area contributed by atoms with Crippen LogP contribution in [-0.2, 0) is 11.2 Å². The van der Waals surface area contributed by atoms with Gasteiger partial charge in [0, 0.05) is 19.1 Å². The zero-order valence-corrected chi connectivity index (χ0v) is 12.2. The number of hydrogen-bond acceptors (Lipinski definition) is 4. The fourth-order valence-corrected chi connectivity index (χ4v) is 3.05. The second-order valence-corrected chi connectivity index (χ2v) is 5.64.